The molecule has 0 N–H and O–H groups in total. The van der Waals surface area contributed by atoms with Crippen LogP contribution in [-0.4, -0.2) is 15.0 Å². The topological polar surface area (TPSA) is 54.5 Å². The summed E-state index contributed by atoms with van der Waals surface area (Å²) in [4.78, 5) is 0. The summed E-state index contributed by atoms with van der Waals surface area (Å²) >= 11 is 5.82. The summed E-state index contributed by atoms with van der Waals surface area (Å²) in [5.41, 5.74) is 2.35. The van der Waals surface area contributed by atoms with Gasteiger partial charge in [0, 0.05) is 5.02 Å². The highest BCUT2D eigenvalue weighted by Crippen LogP contribution is 2.12. The fourth-order valence-corrected chi connectivity index (χ4v) is 1.79. The molecule has 0 atom stereocenters. The van der Waals surface area contributed by atoms with Crippen LogP contribution in [0.15, 0.2) is 24.3 Å². The van der Waals surface area contributed by atoms with Gasteiger partial charge in [0.1, 0.15) is 6.07 Å². The fraction of sp³-hybridized carbons (Fsp3) is 0.250. The lowest BCUT2D eigenvalue weighted by Crippen LogP contribution is -2.06. The van der Waals surface area contributed by atoms with Crippen LogP contribution in [0.3, 0.4) is 0 Å². The van der Waals surface area contributed by atoms with Crippen molar-refractivity contribution in [1.82, 2.24) is 15.0 Å². The number of hydrogen-bond donors (Lipinski definition) is 0. The molecule has 0 saturated carbocycles. The number of nitrogens with zero attached hydrogens (tertiary/aromatic N) is 4. The molecule has 0 fully saturated rings. The summed E-state index contributed by atoms with van der Waals surface area (Å²) in [5.74, 6) is 0. The molecule has 1 aromatic heterocycles. The molecule has 5 heteroatoms. The Hall–Kier alpha value is -1.86. The van der Waals surface area contributed by atoms with Crippen molar-refractivity contribution in [2.45, 2.75) is 19.9 Å². The van der Waals surface area contributed by atoms with Crippen LogP contribution < -0.4 is 0 Å². The van der Waals surface area contributed by atoms with E-state index in [4.69, 9.17) is 16.9 Å². The predicted octanol–water partition coefficient (Wildman–Crippen LogP) is 2.41. The maximum absolute atomic E-state index is 8.88. The summed E-state index contributed by atoms with van der Waals surface area (Å²) in [7, 11) is 0. The molecule has 2 aromatic rings. The second-order valence-electron chi connectivity index (χ2n) is 3.63. The van der Waals surface area contributed by atoms with E-state index < -0.39 is 0 Å². The van der Waals surface area contributed by atoms with Crippen molar-refractivity contribution in [3.63, 3.8) is 0 Å². The number of hydrogen-bond acceptors (Lipinski definition) is 3. The summed E-state index contributed by atoms with van der Waals surface area (Å²) < 4.78 is 1.75. The lowest BCUT2D eigenvalue weighted by Gasteiger charge is -2.04. The molecule has 0 amide bonds. The van der Waals surface area contributed by atoms with Gasteiger partial charge in [-0.3, -0.25) is 0 Å². The quantitative estimate of drug-likeness (QED) is 0.836. The van der Waals surface area contributed by atoms with Gasteiger partial charge >= 0.3 is 0 Å². The van der Waals surface area contributed by atoms with E-state index in [0.29, 0.717) is 17.3 Å². The zero-order valence-electron chi connectivity index (χ0n) is 9.39. The number of rotatable bonds is 3. The molecule has 1 heterocycles. The van der Waals surface area contributed by atoms with Gasteiger partial charge in [-0.05, 0) is 24.1 Å². The maximum Gasteiger partial charge on any atom is 0.185 e. The molecule has 0 radical (unpaired) electrons. The molecular weight excluding hydrogens is 236 g/mol. The Morgan fingerprint density at radius 3 is 2.65 bits per heavy atom. The fourth-order valence-electron chi connectivity index (χ4n) is 1.66. The van der Waals surface area contributed by atoms with Crippen LogP contribution in [-0.2, 0) is 13.0 Å². The van der Waals surface area contributed by atoms with Crippen molar-refractivity contribution in [3.8, 4) is 6.07 Å². The van der Waals surface area contributed by atoms with Crippen molar-refractivity contribution in [2.75, 3.05) is 0 Å². The Morgan fingerprint density at radius 2 is 2.06 bits per heavy atom. The molecule has 0 aliphatic heterocycles. The van der Waals surface area contributed by atoms with Crippen LogP contribution in [0, 0.1) is 11.3 Å². The van der Waals surface area contributed by atoms with Crippen molar-refractivity contribution in [3.05, 3.63) is 46.2 Å². The maximum atomic E-state index is 8.88. The van der Waals surface area contributed by atoms with Gasteiger partial charge in [0.05, 0.1) is 12.2 Å². The average Bonchev–Trinajstić information content (AvgIpc) is 2.74. The highest BCUT2D eigenvalue weighted by molar-refractivity contribution is 6.30. The van der Waals surface area contributed by atoms with Crippen LogP contribution in [0.5, 0.6) is 0 Å². The Bertz CT molecular complexity index is 551. The second-order valence-corrected chi connectivity index (χ2v) is 4.07. The molecule has 0 saturated heterocycles. The molecule has 2 rings (SSSR count). The van der Waals surface area contributed by atoms with E-state index in [1.807, 2.05) is 37.3 Å². The molecule has 0 spiro atoms. The molecule has 4 nitrogen and oxygen atoms in total. The summed E-state index contributed by atoms with van der Waals surface area (Å²) in [6, 6.07) is 9.60. The average molecular weight is 247 g/mol. The van der Waals surface area contributed by atoms with E-state index in [1.54, 1.807) is 4.68 Å². The first-order chi connectivity index (χ1) is 8.24. The van der Waals surface area contributed by atoms with Gasteiger partial charge in [-0.1, -0.05) is 35.9 Å². The summed E-state index contributed by atoms with van der Waals surface area (Å²) in [6.07, 6.45) is 0.740. The molecule has 0 unspecified atom stereocenters. The first-order valence-corrected chi connectivity index (χ1v) is 5.69. The predicted molar refractivity (Wildman–Crippen MR) is 64.7 cm³/mol. The molecule has 0 aliphatic rings. The van der Waals surface area contributed by atoms with E-state index in [9.17, 15) is 0 Å². The first-order valence-electron chi connectivity index (χ1n) is 5.31. The minimum absolute atomic E-state index is 0.404. The molecule has 0 aliphatic carbocycles. The normalized spacial score (nSPS) is 10.2. The minimum atomic E-state index is 0.404. The second kappa shape index (κ2) is 4.98. The van der Waals surface area contributed by atoms with Crippen molar-refractivity contribution >= 4 is 11.6 Å². The van der Waals surface area contributed by atoms with E-state index in [-0.39, 0.29) is 0 Å². The smallest absolute Gasteiger partial charge is 0.185 e. The lowest BCUT2D eigenvalue weighted by atomic mass is 10.2. The Morgan fingerprint density at radius 1 is 1.35 bits per heavy atom. The Balaban J connectivity index is 2.27. The third kappa shape index (κ3) is 2.45. The van der Waals surface area contributed by atoms with Crippen molar-refractivity contribution in [2.24, 2.45) is 0 Å². The highest BCUT2D eigenvalue weighted by atomic mass is 35.5. The van der Waals surface area contributed by atoms with Crippen LogP contribution in [0.1, 0.15) is 23.9 Å². The van der Waals surface area contributed by atoms with Gasteiger partial charge in [-0.25, -0.2) is 4.68 Å². The third-order valence-electron chi connectivity index (χ3n) is 2.52. The van der Waals surface area contributed by atoms with Crippen molar-refractivity contribution < 1.29 is 0 Å². The Labute approximate surface area is 104 Å². The number of halogens is 1. The first kappa shape index (κ1) is 11.6. The van der Waals surface area contributed by atoms with Gasteiger partial charge in [0.2, 0.25) is 0 Å². The minimum Gasteiger partial charge on any atom is -0.244 e. The van der Waals surface area contributed by atoms with E-state index in [1.165, 1.54) is 0 Å². The highest BCUT2D eigenvalue weighted by Gasteiger charge is 2.10. The molecule has 1 aromatic carbocycles. The monoisotopic (exact) mass is 246 g/mol. The van der Waals surface area contributed by atoms with Crippen LogP contribution in [0.25, 0.3) is 0 Å². The summed E-state index contributed by atoms with van der Waals surface area (Å²) in [6.45, 7) is 2.59. The van der Waals surface area contributed by atoms with Gasteiger partial charge in [0.25, 0.3) is 0 Å². The van der Waals surface area contributed by atoms with E-state index in [0.717, 1.165) is 17.7 Å². The third-order valence-corrected chi connectivity index (χ3v) is 2.78. The van der Waals surface area contributed by atoms with Crippen molar-refractivity contribution in [1.29, 1.82) is 5.26 Å². The Kier molecular flexibility index (Phi) is 3.40. The largest absolute Gasteiger partial charge is 0.244 e. The number of nitriles is 1. The zero-order valence-corrected chi connectivity index (χ0v) is 10.1. The SMILES string of the molecule is CCc1c(C#N)nnn1Cc1ccc(Cl)cc1. The van der Waals surface area contributed by atoms with E-state index in [2.05, 4.69) is 10.3 Å². The molecular formula is C12H11ClN4. The van der Waals surface area contributed by atoms with Crippen LogP contribution in [0.2, 0.25) is 5.02 Å². The lowest BCUT2D eigenvalue weighted by molar-refractivity contribution is 0.622. The van der Waals surface area contributed by atoms with Gasteiger partial charge < -0.3 is 0 Å². The molecule has 0 bridgehead atoms. The zero-order chi connectivity index (χ0) is 12.3. The number of benzene rings is 1. The van der Waals surface area contributed by atoms with Crippen LogP contribution >= 0.6 is 11.6 Å². The van der Waals surface area contributed by atoms with Gasteiger partial charge in [-0.15, -0.1) is 5.10 Å². The number of aromatic nitrogens is 3. The van der Waals surface area contributed by atoms with Crippen LogP contribution in [0.4, 0.5) is 0 Å². The molecule has 86 valence electrons. The summed E-state index contributed by atoms with van der Waals surface area (Å²) in [5, 5.41) is 17.4. The molecule has 17 heavy (non-hydrogen) atoms. The van der Waals surface area contributed by atoms with Gasteiger partial charge in [0.15, 0.2) is 5.69 Å². The van der Waals surface area contributed by atoms with Gasteiger partial charge in [-0.2, -0.15) is 5.26 Å². The standard InChI is InChI=1S/C12H11ClN4/c1-2-12-11(7-14)15-16-17(12)8-9-3-5-10(13)6-4-9/h3-6H,2,8H2,1H3. The van der Waals surface area contributed by atoms with E-state index >= 15 is 0 Å².